The first-order valence-electron chi connectivity index (χ1n) is 5.80. The molecule has 4 N–H and O–H groups in total. The van der Waals surface area contributed by atoms with Crippen LogP contribution in [0.5, 0.6) is 0 Å². The van der Waals surface area contributed by atoms with Gasteiger partial charge in [0, 0.05) is 18.5 Å². The molecule has 2 aliphatic rings. The summed E-state index contributed by atoms with van der Waals surface area (Å²) in [5.74, 6) is -0.353. The molecule has 2 heterocycles. The second-order valence-electron chi connectivity index (χ2n) is 4.92. The average molecular weight is 229 g/mol. The summed E-state index contributed by atoms with van der Waals surface area (Å²) in [5, 5.41) is 11.3. The lowest BCUT2D eigenvalue weighted by Crippen LogP contribution is -2.56. The summed E-state index contributed by atoms with van der Waals surface area (Å²) in [7, 11) is 0. The Morgan fingerprint density at radius 2 is 2.18 bits per heavy atom. The predicted octanol–water partition coefficient (Wildman–Crippen LogP) is 0.723. The number of carbonyl (C=O) groups excluding carboxylic acids is 1. The van der Waals surface area contributed by atoms with E-state index in [1.807, 2.05) is 31.2 Å². The number of nitrogens with one attached hydrogen (secondary N) is 2. The van der Waals surface area contributed by atoms with Crippen molar-refractivity contribution in [2.24, 2.45) is 11.7 Å². The van der Waals surface area contributed by atoms with Gasteiger partial charge in [0.15, 0.2) is 0 Å². The van der Waals surface area contributed by atoms with Crippen molar-refractivity contribution in [2.75, 3.05) is 6.54 Å². The molecule has 88 valence electrons. The van der Waals surface area contributed by atoms with Gasteiger partial charge in [-0.25, -0.2) is 0 Å². The number of piperidine rings is 1. The van der Waals surface area contributed by atoms with Gasteiger partial charge in [-0.15, -0.1) is 0 Å². The minimum atomic E-state index is -0.732. The van der Waals surface area contributed by atoms with E-state index in [1.54, 1.807) is 0 Å². The lowest BCUT2D eigenvalue weighted by molar-refractivity contribution is -0.120. The number of nitrogens with two attached hydrogens (primary N) is 1. The fourth-order valence-electron chi connectivity index (χ4n) is 3.05. The molecule has 3 rings (SSSR count). The summed E-state index contributed by atoms with van der Waals surface area (Å²) in [6, 6.07) is 7.89. The Morgan fingerprint density at radius 1 is 1.47 bits per heavy atom. The molecule has 4 nitrogen and oxygen atoms in total. The second-order valence-corrected chi connectivity index (χ2v) is 4.92. The van der Waals surface area contributed by atoms with Crippen molar-refractivity contribution in [3.8, 4) is 0 Å². The van der Waals surface area contributed by atoms with E-state index in [4.69, 9.17) is 11.1 Å². The molecule has 3 atom stereocenters. The van der Waals surface area contributed by atoms with Gasteiger partial charge in [-0.3, -0.25) is 10.1 Å². The van der Waals surface area contributed by atoms with Crippen LogP contribution >= 0.6 is 0 Å². The van der Waals surface area contributed by atoms with Crippen LogP contribution in [0, 0.1) is 11.3 Å². The first-order valence-corrected chi connectivity index (χ1v) is 5.80. The summed E-state index contributed by atoms with van der Waals surface area (Å²) >= 11 is 0. The van der Waals surface area contributed by atoms with E-state index in [0.717, 1.165) is 11.1 Å². The highest BCUT2D eigenvalue weighted by Crippen LogP contribution is 2.45. The number of carbonyl (C=O) groups is 1. The zero-order valence-corrected chi connectivity index (χ0v) is 9.66. The standard InChI is InChI=1S/C13H15N3O/c1-13-9-5-3-2-4-7(9)11(16-13)8(6-14)10(15)12(13)17/h2-5,8,11,15-16H,6,14H2,1H3. The molecule has 2 bridgehead atoms. The fraction of sp³-hybridized carbons (Fsp3) is 0.385. The highest BCUT2D eigenvalue weighted by Gasteiger charge is 2.54. The van der Waals surface area contributed by atoms with Crippen LogP contribution in [-0.2, 0) is 10.3 Å². The van der Waals surface area contributed by atoms with Gasteiger partial charge in [0.2, 0.25) is 5.78 Å². The lowest BCUT2D eigenvalue weighted by Gasteiger charge is -2.35. The molecule has 1 saturated heterocycles. The monoisotopic (exact) mass is 229 g/mol. The van der Waals surface area contributed by atoms with Gasteiger partial charge >= 0.3 is 0 Å². The van der Waals surface area contributed by atoms with Gasteiger partial charge in [0.25, 0.3) is 0 Å². The molecule has 0 spiro atoms. The Morgan fingerprint density at radius 3 is 2.88 bits per heavy atom. The van der Waals surface area contributed by atoms with Crippen LogP contribution in [0.1, 0.15) is 24.1 Å². The zero-order chi connectivity index (χ0) is 12.2. The van der Waals surface area contributed by atoms with Crippen molar-refractivity contribution in [1.29, 1.82) is 5.41 Å². The van der Waals surface area contributed by atoms with E-state index in [1.165, 1.54) is 0 Å². The minimum Gasteiger partial charge on any atom is -0.330 e. The molecular weight excluding hydrogens is 214 g/mol. The third-order valence-corrected chi connectivity index (χ3v) is 4.00. The quantitative estimate of drug-likeness (QED) is 0.664. The molecular formula is C13H15N3O. The highest BCUT2D eigenvalue weighted by molar-refractivity contribution is 6.43. The molecule has 1 fully saturated rings. The maximum absolute atomic E-state index is 12.3. The Hall–Kier alpha value is -1.52. The number of hydrogen-bond donors (Lipinski definition) is 3. The average Bonchev–Trinajstić information content (AvgIpc) is 2.62. The number of ketones is 1. The largest absolute Gasteiger partial charge is 0.330 e. The van der Waals surface area contributed by atoms with Crippen molar-refractivity contribution < 1.29 is 4.79 Å². The van der Waals surface area contributed by atoms with Crippen LogP contribution in [0.15, 0.2) is 24.3 Å². The molecule has 0 radical (unpaired) electrons. The number of rotatable bonds is 1. The molecule has 0 aromatic heterocycles. The van der Waals surface area contributed by atoms with Crippen LogP contribution in [0.4, 0.5) is 0 Å². The Bertz CT molecular complexity index is 525. The summed E-state index contributed by atoms with van der Waals surface area (Å²) in [5.41, 5.74) is 7.25. The van der Waals surface area contributed by atoms with Crippen LogP contribution in [-0.4, -0.2) is 18.0 Å². The molecule has 2 aliphatic heterocycles. The molecule has 3 unspecified atom stereocenters. The Kier molecular flexibility index (Phi) is 2.03. The summed E-state index contributed by atoms with van der Waals surface area (Å²) < 4.78 is 0. The molecule has 17 heavy (non-hydrogen) atoms. The van der Waals surface area contributed by atoms with Gasteiger partial charge in [0.05, 0.1) is 5.71 Å². The fourth-order valence-corrected chi connectivity index (χ4v) is 3.05. The van der Waals surface area contributed by atoms with E-state index in [2.05, 4.69) is 5.32 Å². The van der Waals surface area contributed by atoms with Gasteiger partial charge in [-0.2, -0.15) is 0 Å². The van der Waals surface area contributed by atoms with E-state index in [-0.39, 0.29) is 23.5 Å². The van der Waals surface area contributed by atoms with Crippen molar-refractivity contribution in [3.63, 3.8) is 0 Å². The molecule has 0 aliphatic carbocycles. The third-order valence-electron chi connectivity index (χ3n) is 4.00. The van der Waals surface area contributed by atoms with Crippen molar-refractivity contribution in [2.45, 2.75) is 18.5 Å². The third kappa shape index (κ3) is 1.14. The van der Waals surface area contributed by atoms with E-state index < -0.39 is 5.54 Å². The number of Topliss-reactive ketones (excluding diaryl/α,β-unsaturated/α-hetero) is 1. The maximum Gasteiger partial charge on any atom is 0.200 e. The highest BCUT2D eigenvalue weighted by atomic mass is 16.1. The lowest BCUT2D eigenvalue weighted by atomic mass is 9.82. The molecule has 0 saturated carbocycles. The SMILES string of the molecule is CC12NC(c3ccccc31)C(CN)C(=N)C2=O. The summed E-state index contributed by atoms with van der Waals surface area (Å²) in [4.78, 5) is 12.3. The first-order chi connectivity index (χ1) is 8.09. The van der Waals surface area contributed by atoms with Crippen LogP contribution < -0.4 is 11.1 Å². The minimum absolute atomic E-state index is 0.00593. The van der Waals surface area contributed by atoms with Crippen molar-refractivity contribution in [3.05, 3.63) is 35.4 Å². The van der Waals surface area contributed by atoms with Crippen molar-refractivity contribution in [1.82, 2.24) is 5.32 Å². The van der Waals surface area contributed by atoms with E-state index >= 15 is 0 Å². The first kappa shape index (κ1) is 10.6. The summed E-state index contributed by atoms with van der Waals surface area (Å²) in [6.45, 7) is 2.18. The molecule has 0 amide bonds. The number of fused-ring (bicyclic) bond motifs is 5. The Labute approximate surface area is 99.7 Å². The zero-order valence-electron chi connectivity index (χ0n) is 9.66. The maximum atomic E-state index is 12.3. The van der Waals surface area contributed by atoms with Gasteiger partial charge in [0.1, 0.15) is 5.54 Å². The van der Waals surface area contributed by atoms with E-state index in [9.17, 15) is 4.79 Å². The smallest absolute Gasteiger partial charge is 0.200 e. The second kappa shape index (κ2) is 3.24. The number of benzene rings is 1. The number of hydrogen-bond acceptors (Lipinski definition) is 4. The normalized spacial score (nSPS) is 34.9. The van der Waals surface area contributed by atoms with Crippen LogP contribution in [0.3, 0.4) is 0 Å². The molecule has 1 aromatic carbocycles. The Balaban J connectivity index is 2.24. The molecule has 1 aromatic rings. The summed E-state index contributed by atoms with van der Waals surface area (Å²) in [6.07, 6.45) is 0. The van der Waals surface area contributed by atoms with Crippen LogP contribution in [0.2, 0.25) is 0 Å². The van der Waals surface area contributed by atoms with Gasteiger partial charge < -0.3 is 11.1 Å². The van der Waals surface area contributed by atoms with Crippen molar-refractivity contribution >= 4 is 11.5 Å². The predicted molar refractivity (Wildman–Crippen MR) is 64.9 cm³/mol. The topological polar surface area (TPSA) is 79.0 Å². The molecule has 4 heteroatoms. The van der Waals surface area contributed by atoms with Crippen LogP contribution in [0.25, 0.3) is 0 Å². The van der Waals surface area contributed by atoms with E-state index in [0.29, 0.717) is 6.54 Å². The van der Waals surface area contributed by atoms with Gasteiger partial charge in [-0.1, -0.05) is 24.3 Å². The van der Waals surface area contributed by atoms with Gasteiger partial charge in [-0.05, 0) is 18.1 Å².